The van der Waals surface area contributed by atoms with E-state index in [1.807, 2.05) is 30.3 Å². The fourth-order valence-corrected chi connectivity index (χ4v) is 4.53. The molecule has 31 heavy (non-hydrogen) atoms. The second kappa shape index (κ2) is 9.57. The first kappa shape index (κ1) is 22.1. The van der Waals surface area contributed by atoms with Gasteiger partial charge in [-0.1, -0.05) is 30.3 Å². The second-order valence-electron chi connectivity index (χ2n) is 9.14. The minimum Gasteiger partial charge on any atom is -0.490 e. The van der Waals surface area contributed by atoms with Crippen molar-refractivity contribution in [2.75, 3.05) is 57.4 Å². The van der Waals surface area contributed by atoms with Gasteiger partial charge in [-0.05, 0) is 49.6 Å². The summed E-state index contributed by atoms with van der Waals surface area (Å²) in [5, 5.41) is 22.4. The SMILES string of the molecule is Cc1cccc(N2CCC(O)(CN3CCOC[C@@](O)(COc4ccccc4)C3)CC2)c1. The number of hydrogen-bond acceptors (Lipinski definition) is 6. The molecule has 1 atom stereocenters. The van der Waals surface area contributed by atoms with Crippen molar-refractivity contribution in [2.45, 2.75) is 31.0 Å². The van der Waals surface area contributed by atoms with Crippen LogP contribution in [0.4, 0.5) is 5.69 Å². The summed E-state index contributed by atoms with van der Waals surface area (Å²) in [6.07, 6.45) is 1.41. The van der Waals surface area contributed by atoms with Crippen LogP contribution in [0.25, 0.3) is 0 Å². The van der Waals surface area contributed by atoms with Crippen LogP contribution in [-0.4, -0.2) is 78.9 Å². The summed E-state index contributed by atoms with van der Waals surface area (Å²) in [6, 6.07) is 18.0. The number of piperidine rings is 1. The number of rotatable bonds is 6. The molecule has 6 nitrogen and oxygen atoms in total. The minimum atomic E-state index is -1.11. The zero-order valence-electron chi connectivity index (χ0n) is 18.4. The van der Waals surface area contributed by atoms with E-state index in [4.69, 9.17) is 9.47 Å². The largest absolute Gasteiger partial charge is 0.490 e. The predicted octanol–water partition coefficient (Wildman–Crippen LogP) is 2.47. The van der Waals surface area contributed by atoms with Crippen LogP contribution in [0.3, 0.4) is 0 Å². The fraction of sp³-hybridized carbons (Fsp3) is 0.520. The van der Waals surface area contributed by atoms with E-state index in [9.17, 15) is 10.2 Å². The summed E-state index contributed by atoms with van der Waals surface area (Å²) in [4.78, 5) is 4.47. The van der Waals surface area contributed by atoms with Gasteiger partial charge in [-0.15, -0.1) is 0 Å². The standard InChI is InChI=1S/C25H34N2O4/c1-21-6-5-7-22(16-21)27-12-10-24(28,11-13-27)17-26-14-15-30-19-25(29,18-26)20-31-23-8-3-2-4-9-23/h2-9,16,28-29H,10-15,17-20H2,1H3/t25-/m1/s1. The molecule has 168 valence electrons. The molecule has 2 aromatic carbocycles. The average molecular weight is 427 g/mol. The van der Waals surface area contributed by atoms with Gasteiger partial charge in [0.1, 0.15) is 18.0 Å². The molecule has 2 N–H and O–H groups in total. The lowest BCUT2D eigenvalue weighted by Gasteiger charge is -2.42. The zero-order chi connectivity index (χ0) is 21.7. The predicted molar refractivity (Wildman–Crippen MR) is 122 cm³/mol. The van der Waals surface area contributed by atoms with Crippen LogP contribution < -0.4 is 9.64 Å². The molecule has 4 rings (SSSR count). The quantitative estimate of drug-likeness (QED) is 0.740. The average Bonchev–Trinajstić information content (AvgIpc) is 2.94. The van der Waals surface area contributed by atoms with E-state index in [2.05, 4.69) is 41.0 Å². The first-order chi connectivity index (χ1) is 14.9. The van der Waals surface area contributed by atoms with Gasteiger partial charge >= 0.3 is 0 Å². The van der Waals surface area contributed by atoms with Crippen molar-refractivity contribution in [3.63, 3.8) is 0 Å². The third kappa shape index (κ3) is 5.98. The minimum absolute atomic E-state index is 0.160. The van der Waals surface area contributed by atoms with Gasteiger partial charge in [0, 0.05) is 38.4 Å². The zero-order valence-corrected chi connectivity index (χ0v) is 18.4. The van der Waals surface area contributed by atoms with E-state index in [1.165, 1.54) is 11.3 Å². The molecule has 2 heterocycles. The number of hydrogen-bond donors (Lipinski definition) is 2. The molecule has 0 amide bonds. The van der Waals surface area contributed by atoms with Crippen molar-refractivity contribution in [2.24, 2.45) is 0 Å². The Morgan fingerprint density at radius 1 is 0.968 bits per heavy atom. The number of β-amino-alcohol motifs (C(OH)–C–C–N with tert-alkyl or cyclic N) is 2. The molecule has 0 saturated carbocycles. The van der Waals surface area contributed by atoms with Gasteiger partial charge in [0.2, 0.25) is 0 Å². The lowest BCUT2D eigenvalue weighted by atomic mass is 9.90. The highest BCUT2D eigenvalue weighted by Gasteiger charge is 2.39. The highest BCUT2D eigenvalue weighted by molar-refractivity contribution is 5.48. The van der Waals surface area contributed by atoms with Crippen molar-refractivity contribution in [1.82, 2.24) is 4.90 Å². The summed E-state index contributed by atoms with van der Waals surface area (Å²) in [5.41, 5.74) is 0.606. The Hall–Kier alpha value is -2.12. The molecule has 2 aliphatic heterocycles. The van der Waals surface area contributed by atoms with Gasteiger partial charge in [0.25, 0.3) is 0 Å². The van der Waals surface area contributed by atoms with Gasteiger partial charge < -0.3 is 24.6 Å². The van der Waals surface area contributed by atoms with Crippen LogP contribution in [0.1, 0.15) is 18.4 Å². The van der Waals surface area contributed by atoms with Crippen LogP contribution in [0.2, 0.25) is 0 Å². The molecule has 0 unspecified atom stereocenters. The van der Waals surface area contributed by atoms with Crippen LogP contribution in [0, 0.1) is 6.92 Å². The molecule has 2 fully saturated rings. The lowest BCUT2D eigenvalue weighted by Crippen LogP contribution is -2.55. The molecule has 2 saturated heterocycles. The van der Waals surface area contributed by atoms with E-state index >= 15 is 0 Å². The van der Waals surface area contributed by atoms with Crippen molar-refractivity contribution < 1.29 is 19.7 Å². The van der Waals surface area contributed by atoms with Crippen LogP contribution in [0.5, 0.6) is 5.75 Å². The summed E-state index contributed by atoms with van der Waals surface area (Å²) >= 11 is 0. The van der Waals surface area contributed by atoms with E-state index in [0.717, 1.165) is 18.8 Å². The molecule has 0 aliphatic carbocycles. The molecule has 0 aromatic heterocycles. The Morgan fingerprint density at radius 3 is 2.48 bits per heavy atom. The van der Waals surface area contributed by atoms with Gasteiger partial charge in [0.15, 0.2) is 0 Å². The Kier molecular flexibility index (Phi) is 6.82. The smallest absolute Gasteiger partial charge is 0.134 e. The highest BCUT2D eigenvalue weighted by atomic mass is 16.5. The number of nitrogens with zero attached hydrogens (tertiary/aromatic N) is 2. The van der Waals surface area contributed by atoms with Crippen LogP contribution >= 0.6 is 0 Å². The molecular weight excluding hydrogens is 392 g/mol. The van der Waals surface area contributed by atoms with E-state index in [1.54, 1.807) is 0 Å². The Morgan fingerprint density at radius 2 is 1.74 bits per heavy atom. The summed E-state index contributed by atoms with van der Waals surface area (Å²) in [6.45, 7) is 6.33. The lowest BCUT2D eigenvalue weighted by molar-refractivity contribution is -0.0742. The topological polar surface area (TPSA) is 65.4 Å². The molecule has 0 radical (unpaired) electrons. The maximum absolute atomic E-state index is 11.3. The van der Waals surface area contributed by atoms with Gasteiger partial charge in [-0.3, -0.25) is 4.90 Å². The third-order valence-electron chi connectivity index (χ3n) is 6.27. The monoisotopic (exact) mass is 426 g/mol. The number of aliphatic hydroxyl groups is 2. The molecular formula is C25H34N2O4. The first-order valence-electron chi connectivity index (χ1n) is 11.2. The second-order valence-corrected chi connectivity index (χ2v) is 9.14. The number of aryl methyl sites for hydroxylation is 1. The summed E-state index contributed by atoms with van der Waals surface area (Å²) in [7, 11) is 0. The summed E-state index contributed by atoms with van der Waals surface area (Å²) < 4.78 is 11.5. The van der Waals surface area contributed by atoms with Crippen molar-refractivity contribution in [1.29, 1.82) is 0 Å². The summed E-state index contributed by atoms with van der Waals surface area (Å²) in [5.74, 6) is 0.730. The van der Waals surface area contributed by atoms with Gasteiger partial charge in [-0.25, -0.2) is 0 Å². The molecule has 2 aromatic rings. The number of ether oxygens (including phenoxy) is 2. The third-order valence-corrected chi connectivity index (χ3v) is 6.27. The fourth-order valence-electron chi connectivity index (χ4n) is 4.53. The Labute approximate surface area is 185 Å². The van der Waals surface area contributed by atoms with Gasteiger partial charge in [-0.2, -0.15) is 0 Å². The normalized spacial score (nSPS) is 24.5. The highest BCUT2D eigenvalue weighted by Crippen LogP contribution is 2.28. The molecule has 0 spiro atoms. The van der Waals surface area contributed by atoms with Crippen LogP contribution in [-0.2, 0) is 4.74 Å². The molecule has 6 heteroatoms. The maximum Gasteiger partial charge on any atom is 0.134 e. The number of benzene rings is 2. The molecule has 0 bridgehead atoms. The maximum atomic E-state index is 11.3. The van der Waals surface area contributed by atoms with Gasteiger partial charge in [0.05, 0.1) is 18.8 Å². The van der Waals surface area contributed by atoms with E-state index in [0.29, 0.717) is 39.1 Å². The van der Waals surface area contributed by atoms with Crippen molar-refractivity contribution >= 4 is 5.69 Å². The number of anilines is 1. The Bertz CT molecular complexity index is 838. The van der Waals surface area contributed by atoms with Crippen LogP contribution in [0.15, 0.2) is 54.6 Å². The first-order valence-corrected chi connectivity index (χ1v) is 11.2. The Balaban J connectivity index is 1.33. The number of para-hydroxylation sites is 1. The van der Waals surface area contributed by atoms with E-state index in [-0.39, 0.29) is 13.2 Å². The van der Waals surface area contributed by atoms with Crippen molar-refractivity contribution in [3.8, 4) is 5.75 Å². The van der Waals surface area contributed by atoms with Crippen molar-refractivity contribution in [3.05, 3.63) is 60.2 Å². The molecule has 2 aliphatic rings. The van der Waals surface area contributed by atoms with E-state index < -0.39 is 11.2 Å².